The van der Waals surface area contributed by atoms with E-state index < -0.39 is 0 Å². The molecular weight excluding hydrogens is 236 g/mol. The highest BCUT2D eigenvalue weighted by atomic mass is 35.5. The third kappa shape index (κ3) is 5.04. The molecule has 0 bridgehead atoms. The van der Waals surface area contributed by atoms with Crippen molar-refractivity contribution in [1.29, 1.82) is 0 Å². The minimum absolute atomic E-state index is 0. The zero-order chi connectivity index (χ0) is 11.1. The van der Waals surface area contributed by atoms with Gasteiger partial charge in [-0.2, -0.15) is 0 Å². The van der Waals surface area contributed by atoms with Gasteiger partial charge >= 0.3 is 0 Å². The maximum atomic E-state index is 4.02. The van der Waals surface area contributed by atoms with Gasteiger partial charge in [0.25, 0.3) is 0 Å². The smallest absolute Gasteiger partial charge is 0.0945 e. The van der Waals surface area contributed by atoms with Crippen molar-refractivity contribution in [3.63, 3.8) is 0 Å². The first-order chi connectivity index (χ1) is 7.95. The molecule has 0 unspecified atom stereocenters. The van der Waals surface area contributed by atoms with Crippen LogP contribution < -0.4 is 0 Å². The van der Waals surface area contributed by atoms with Crippen molar-refractivity contribution < 1.29 is 0 Å². The van der Waals surface area contributed by atoms with E-state index >= 15 is 0 Å². The number of rotatable bonds is 7. The lowest BCUT2D eigenvalue weighted by Gasteiger charge is -2.03. The average molecular weight is 255 g/mol. The molecule has 0 aliphatic heterocycles. The third-order valence-corrected chi connectivity index (χ3v) is 2.70. The van der Waals surface area contributed by atoms with Crippen molar-refractivity contribution in [2.75, 3.05) is 0 Å². The van der Waals surface area contributed by atoms with Crippen LogP contribution >= 0.6 is 12.4 Å². The summed E-state index contributed by atoms with van der Waals surface area (Å²) in [7, 11) is 0. The Kier molecular flexibility index (Phi) is 6.40. The normalized spacial score (nSPS) is 10.1. The van der Waals surface area contributed by atoms with Crippen molar-refractivity contribution in [1.82, 2.24) is 19.1 Å². The molecule has 0 aliphatic rings. The van der Waals surface area contributed by atoms with E-state index in [0.717, 1.165) is 13.1 Å². The number of halogens is 1. The number of unbranched alkanes of at least 4 members (excludes halogenated alkanes) is 3. The number of imidazole rings is 2. The lowest BCUT2D eigenvalue weighted by Crippen LogP contribution is -1.96. The standard InChI is InChI=1S/C12H18N4.ClH/c1(3-7-15-9-5-13-11-15)2-4-8-16-10-6-14-12-16;/h5-6,9-12H,1-4,7-8H2;1H. The van der Waals surface area contributed by atoms with E-state index in [0.29, 0.717) is 0 Å². The van der Waals surface area contributed by atoms with Crippen molar-refractivity contribution in [2.45, 2.75) is 38.8 Å². The molecule has 0 saturated carbocycles. The van der Waals surface area contributed by atoms with Crippen molar-refractivity contribution in [3.8, 4) is 0 Å². The minimum Gasteiger partial charge on any atom is -0.337 e. The highest BCUT2D eigenvalue weighted by Gasteiger charge is 1.93. The molecule has 2 aromatic rings. The molecule has 4 nitrogen and oxygen atoms in total. The SMILES string of the molecule is Cl.c1cn(CCCCCCn2ccnc2)cn1. The van der Waals surface area contributed by atoms with Gasteiger partial charge < -0.3 is 9.13 Å². The van der Waals surface area contributed by atoms with Gasteiger partial charge in [0.05, 0.1) is 12.7 Å². The van der Waals surface area contributed by atoms with E-state index in [2.05, 4.69) is 19.1 Å². The van der Waals surface area contributed by atoms with Crippen LogP contribution in [0, 0.1) is 0 Å². The Hall–Kier alpha value is -1.29. The summed E-state index contributed by atoms with van der Waals surface area (Å²) in [6, 6.07) is 0. The predicted molar refractivity (Wildman–Crippen MR) is 70.2 cm³/mol. The van der Waals surface area contributed by atoms with E-state index in [-0.39, 0.29) is 12.4 Å². The van der Waals surface area contributed by atoms with Crippen LogP contribution in [0.2, 0.25) is 0 Å². The number of hydrogen-bond donors (Lipinski definition) is 0. The predicted octanol–water partition coefficient (Wildman–Crippen LogP) is 2.76. The van der Waals surface area contributed by atoms with Crippen LogP contribution in [0.25, 0.3) is 0 Å². The highest BCUT2D eigenvalue weighted by molar-refractivity contribution is 5.85. The molecule has 0 aromatic carbocycles. The Morgan fingerprint density at radius 2 is 1.18 bits per heavy atom. The lowest BCUT2D eigenvalue weighted by molar-refractivity contribution is 0.539. The second-order valence-electron chi connectivity index (χ2n) is 4.02. The number of nitrogens with zero attached hydrogens (tertiary/aromatic N) is 4. The fourth-order valence-corrected chi connectivity index (χ4v) is 1.78. The molecule has 0 fully saturated rings. The van der Waals surface area contributed by atoms with Gasteiger partial charge in [0.2, 0.25) is 0 Å². The lowest BCUT2D eigenvalue weighted by atomic mass is 10.2. The first-order valence-corrected chi connectivity index (χ1v) is 5.86. The van der Waals surface area contributed by atoms with E-state index in [9.17, 15) is 0 Å². The molecule has 0 atom stereocenters. The summed E-state index contributed by atoms with van der Waals surface area (Å²) in [6.45, 7) is 2.18. The fraction of sp³-hybridized carbons (Fsp3) is 0.500. The Morgan fingerprint density at radius 1 is 0.706 bits per heavy atom. The van der Waals surface area contributed by atoms with E-state index in [1.165, 1.54) is 25.7 Å². The molecule has 2 aromatic heterocycles. The third-order valence-electron chi connectivity index (χ3n) is 2.70. The van der Waals surface area contributed by atoms with E-state index in [1.54, 1.807) is 0 Å². The summed E-state index contributed by atoms with van der Waals surface area (Å²) < 4.78 is 4.27. The summed E-state index contributed by atoms with van der Waals surface area (Å²) >= 11 is 0. The summed E-state index contributed by atoms with van der Waals surface area (Å²) in [5.41, 5.74) is 0. The van der Waals surface area contributed by atoms with Crippen molar-refractivity contribution >= 4 is 12.4 Å². The Labute approximate surface area is 108 Å². The minimum atomic E-state index is 0. The molecule has 17 heavy (non-hydrogen) atoms. The summed E-state index contributed by atoms with van der Waals surface area (Å²) in [6.07, 6.45) is 16.5. The van der Waals surface area contributed by atoms with Crippen molar-refractivity contribution in [3.05, 3.63) is 37.4 Å². The second kappa shape index (κ2) is 7.90. The fourth-order valence-electron chi connectivity index (χ4n) is 1.78. The monoisotopic (exact) mass is 254 g/mol. The van der Waals surface area contributed by atoms with Gasteiger partial charge in [-0.05, 0) is 12.8 Å². The first-order valence-electron chi connectivity index (χ1n) is 5.86. The summed E-state index contributed by atoms with van der Waals surface area (Å²) in [5, 5.41) is 0. The molecule has 0 radical (unpaired) electrons. The van der Waals surface area contributed by atoms with Gasteiger partial charge in [0.1, 0.15) is 0 Å². The Bertz CT molecular complexity index is 331. The summed E-state index contributed by atoms with van der Waals surface area (Å²) in [5.74, 6) is 0. The average Bonchev–Trinajstić information content (AvgIpc) is 2.96. The molecule has 0 N–H and O–H groups in total. The Morgan fingerprint density at radius 3 is 1.53 bits per heavy atom. The topological polar surface area (TPSA) is 35.6 Å². The van der Waals surface area contributed by atoms with Gasteiger partial charge in [-0.3, -0.25) is 0 Å². The quantitative estimate of drug-likeness (QED) is 0.713. The number of aryl methyl sites for hydroxylation is 2. The number of aromatic nitrogens is 4. The number of hydrogen-bond acceptors (Lipinski definition) is 2. The largest absolute Gasteiger partial charge is 0.337 e. The molecule has 5 heteroatoms. The van der Waals surface area contributed by atoms with Gasteiger partial charge in [-0.1, -0.05) is 12.8 Å². The first kappa shape index (κ1) is 13.8. The molecule has 0 amide bonds. The van der Waals surface area contributed by atoms with Crippen LogP contribution in [0.5, 0.6) is 0 Å². The molecule has 2 heterocycles. The van der Waals surface area contributed by atoms with Gasteiger partial charge in [0, 0.05) is 37.9 Å². The molecule has 0 aliphatic carbocycles. The van der Waals surface area contributed by atoms with Crippen LogP contribution in [-0.2, 0) is 13.1 Å². The highest BCUT2D eigenvalue weighted by Crippen LogP contribution is 2.03. The molecule has 2 rings (SSSR count). The van der Waals surface area contributed by atoms with Crippen LogP contribution in [0.3, 0.4) is 0 Å². The second-order valence-corrected chi connectivity index (χ2v) is 4.02. The zero-order valence-electron chi connectivity index (χ0n) is 9.90. The Balaban J connectivity index is 0.00000144. The van der Waals surface area contributed by atoms with Crippen LogP contribution in [-0.4, -0.2) is 19.1 Å². The summed E-state index contributed by atoms with van der Waals surface area (Å²) in [4.78, 5) is 8.05. The molecule has 0 saturated heterocycles. The van der Waals surface area contributed by atoms with Crippen LogP contribution in [0.1, 0.15) is 25.7 Å². The van der Waals surface area contributed by atoms with Crippen molar-refractivity contribution in [2.24, 2.45) is 0 Å². The van der Waals surface area contributed by atoms with E-state index in [4.69, 9.17) is 0 Å². The van der Waals surface area contributed by atoms with E-state index in [1.807, 2.05) is 37.4 Å². The van der Waals surface area contributed by atoms with Crippen LogP contribution in [0.4, 0.5) is 0 Å². The maximum absolute atomic E-state index is 4.02. The van der Waals surface area contributed by atoms with Gasteiger partial charge in [0.15, 0.2) is 0 Å². The maximum Gasteiger partial charge on any atom is 0.0945 e. The van der Waals surface area contributed by atoms with Crippen LogP contribution in [0.15, 0.2) is 37.4 Å². The zero-order valence-corrected chi connectivity index (χ0v) is 10.7. The van der Waals surface area contributed by atoms with Gasteiger partial charge in [-0.25, -0.2) is 9.97 Å². The molecular formula is C12H19ClN4. The molecule has 94 valence electrons. The molecule has 0 spiro atoms. The van der Waals surface area contributed by atoms with Gasteiger partial charge in [-0.15, -0.1) is 12.4 Å².